The van der Waals surface area contributed by atoms with Crippen LogP contribution in [0.2, 0.25) is 0 Å². The van der Waals surface area contributed by atoms with E-state index in [9.17, 15) is 0 Å². The van der Waals surface area contributed by atoms with E-state index in [2.05, 4.69) is 48.1 Å². The Kier molecular flexibility index (Phi) is 7.45. The summed E-state index contributed by atoms with van der Waals surface area (Å²) in [6, 6.07) is 6.15. The van der Waals surface area contributed by atoms with Gasteiger partial charge in [0, 0.05) is 33.3 Å². The van der Waals surface area contributed by atoms with Gasteiger partial charge in [-0.25, -0.2) is 4.98 Å². The molecule has 1 aromatic heterocycles. The van der Waals surface area contributed by atoms with E-state index in [1.54, 1.807) is 7.11 Å². The molecule has 19 heavy (non-hydrogen) atoms. The normalized spacial score (nSPS) is 11.3. The lowest BCUT2D eigenvalue weighted by Crippen LogP contribution is -2.31. The van der Waals surface area contributed by atoms with Crippen LogP contribution in [0.15, 0.2) is 18.2 Å². The molecular weight excluding hydrogens is 238 g/mol. The number of nitrogens with zero attached hydrogens (tertiary/aromatic N) is 2. The molecule has 4 heteroatoms. The Hall–Kier alpha value is -1.13. The second-order valence-corrected chi connectivity index (χ2v) is 5.17. The lowest BCUT2D eigenvalue weighted by atomic mass is 10.2. The Bertz CT molecular complexity index is 355. The van der Waals surface area contributed by atoms with Gasteiger partial charge in [-0.15, -0.1) is 0 Å². The smallest absolute Gasteiger partial charge is 0.126 e. The molecule has 0 radical (unpaired) electrons. The average Bonchev–Trinajstić information content (AvgIpc) is 2.36. The topological polar surface area (TPSA) is 37.4 Å². The lowest BCUT2D eigenvalue weighted by molar-refractivity contribution is 0.135. The molecule has 4 nitrogen and oxygen atoms in total. The summed E-state index contributed by atoms with van der Waals surface area (Å²) in [5.41, 5.74) is 1.11. The maximum atomic E-state index is 5.18. The number of aromatic nitrogens is 1. The van der Waals surface area contributed by atoms with Crippen LogP contribution < -0.4 is 5.32 Å². The monoisotopic (exact) mass is 265 g/mol. The first-order valence-corrected chi connectivity index (χ1v) is 7.06. The van der Waals surface area contributed by atoms with E-state index in [4.69, 9.17) is 4.74 Å². The maximum absolute atomic E-state index is 5.18. The minimum atomic E-state index is 0.647. The fraction of sp³-hybridized carbons (Fsp3) is 0.667. The van der Waals surface area contributed by atoms with Crippen LogP contribution in [0, 0.1) is 5.92 Å². The van der Waals surface area contributed by atoms with Gasteiger partial charge in [-0.05, 0) is 25.0 Å². The quantitative estimate of drug-likeness (QED) is 0.745. The molecule has 1 aromatic rings. The van der Waals surface area contributed by atoms with E-state index >= 15 is 0 Å². The van der Waals surface area contributed by atoms with Crippen molar-refractivity contribution in [1.29, 1.82) is 0 Å². The summed E-state index contributed by atoms with van der Waals surface area (Å²) in [5.74, 6) is 1.60. The zero-order chi connectivity index (χ0) is 14.1. The van der Waals surface area contributed by atoms with Gasteiger partial charge in [-0.1, -0.05) is 19.9 Å². The van der Waals surface area contributed by atoms with Crippen molar-refractivity contribution in [3.63, 3.8) is 0 Å². The number of ether oxygens (including phenoxy) is 1. The SMILES string of the molecule is CCNc1cccc(CN(CCOC)CC(C)C)n1. The fourth-order valence-electron chi connectivity index (χ4n) is 2.05. The van der Waals surface area contributed by atoms with Crippen LogP contribution in [0.5, 0.6) is 0 Å². The molecule has 0 aliphatic heterocycles. The van der Waals surface area contributed by atoms with Crippen LogP contribution in [-0.2, 0) is 11.3 Å². The molecule has 0 saturated carbocycles. The van der Waals surface area contributed by atoms with Crippen molar-refractivity contribution in [2.75, 3.05) is 38.7 Å². The van der Waals surface area contributed by atoms with Crippen LogP contribution >= 0.6 is 0 Å². The molecule has 0 unspecified atom stereocenters. The fourth-order valence-corrected chi connectivity index (χ4v) is 2.05. The first-order chi connectivity index (χ1) is 9.15. The number of nitrogens with one attached hydrogen (secondary N) is 1. The van der Waals surface area contributed by atoms with Crippen molar-refractivity contribution in [1.82, 2.24) is 9.88 Å². The molecule has 0 spiro atoms. The van der Waals surface area contributed by atoms with Crippen molar-refractivity contribution in [2.24, 2.45) is 5.92 Å². The van der Waals surface area contributed by atoms with Crippen molar-refractivity contribution < 1.29 is 4.74 Å². The number of pyridine rings is 1. The average molecular weight is 265 g/mol. The van der Waals surface area contributed by atoms with Crippen molar-refractivity contribution in [3.8, 4) is 0 Å². The number of rotatable bonds is 9. The molecule has 0 fully saturated rings. The van der Waals surface area contributed by atoms with Gasteiger partial charge in [-0.2, -0.15) is 0 Å². The predicted molar refractivity (Wildman–Crippen MR) is 80.4 cm³/mol. The van der Waals surface area contributed by atoms with Gasteiger partial charge in [0.2, 0.25) is 0 Å². The molecule has 0 aliphatic carbocycles. The Balaban J connectivity index is 2.63. The second-order valence-electron chi connectivity index (χ2n) is 5.17. The summed E-state index contributed by atoms with van der Waals surface area (Å²) in [5, 5.41) is 3.25. The van der Waals surface area contributed by atoms with Crippen LogP contribution in [0.3, 0.4) is 0 Å². The summed E-state index contributed by atoms with van der Waals surface area (Å²) >= 11 is 0. The minimum absolute atomic E-state index is 0.647. The third kappa shape index (κ3) is 6.55. The molecule has 1 rings (SSSR count). The molecular formula is C15H27N3O. The van der Waals surface area contributed by atoms with E-state index in [1.165, 1.54) is 0 Å². The summed E-state index contributed by atoms with van der Waals surface area (Å²) < 4.78 is 5.18. The van der Waals surface area contributed by atoms with E-state index in [1.807, 2.05) is 6.07 Å². The lowest BCUT2D eigenvalue weighted by Gasteiger charge is -2.23. The molecule has 0 atom stereocenters. The highest BCUT2D eigenvalue weighted by atomic mass is 16.5. The van der Waals surface area contributed by atoms with E-state index in [0.29, 0.717) is 5.92 Å². The van der Waals surface area contributed by atoms with Gasteiger partial charge in [0.15, 0.2) is 0 Å². The first-order valence-electron chi connectivity index (χ1n) is 7.06. The Morgan fingerprint density at radius 1 is 1.37 bits per heavy atom. The molecule has 0 aromatic carbocycles. The Morgan fingerprint density at radius 2 is 2.16 bits per heavy atom. The van der Waals surface area contributed by atoms with Gasteiger partial charge in [0.05, 0.1) is 12.3 Å². The van der Waals surface area contributed by atoms with Crippen molar-refractivity contribution >= 4 is 5.82 Å². The molecule has 108 valence electrons. The highest BCUT2D eigenvalue weighted by Gasteiger charge is 2.09. The minimum Gasteiger partial charge on any atom is -0.383 e. The summed E-state index contributed by atoms with van der Waals surface area (Å²) in [4.78, 5) is 7.02. The zero-order valence-corrected chi connectivity index (χ0v) is 12.6. The van der Waals surface area contributed by atoms with Gasteiger partial charge in [-0.3, -0.25) is 4.90 Å². The van der Waals surface area contributed by atoms with E-state index < -0.39 is 0 Å². The van der Waals surface area contributed by atoms with Gasteiger partial charge in [0.1, 0.15) is 5.82 Å². The zero-order valence-electron chi connectivity index (χ0n) is 12.6. The maximum Gasteiger partial charge on any atom is 0.126 e. The highest BCUT2D eigenvalue weighted by Crippen LogP contribution is 2.09. The Morgan fingerprint density at radius 3 is 2.79 bits per heavy atom. The first kappa shape index (κ1) is 15.9. The van der Waals surface area contributed by atoms with E-state index in [0.717, 1.165) is 44.3 Å². The van der Waals surface area contributed by atoms with Crippen molar-refractivity contribution in [3.05, 3.63) is 23.9 Å². The van der Waals surface area contributed by atoms with Crippen LogP contribution in [0.4, 0.5) is 5.82 Å². The number of hydrogen-bond acceptors (Lipinski definition) is 4. The van der Waals surface area contributed by atoms with Gasteiger partial charge < -0.3 is 10.1 Å². The third-order valence-electron chi connectivity index (χ3n) is 2.79. The van der Waals surface area contributed by atoms with Crippen molar-refractivity contribution in [2.45, 2.75) is 27.3 Å². The predicted octanol–water partition coefficient (Wildman–Crippen LogP) is 2.62. The number of anilines is 1. The largest absolute Gasteiger partial charge is 0.383 e. The standard InChI is InChI=1S/C15H27N3O/c1-5-16-15-8-6-7-14(17-15)12-18(9-10-19-4)11-13(2)3/h6-8,13H,5,9-12H2,1-4H3,(H,16,17). The highest BCUT2D eigenvalue weighted by molar-refractivity contribution is 5.34. The second kappa shape index (κ2) is 8.88. The molecule has 0 aliphatic rings. The summed E-state index contributed by atoms with van der Waals surface area (Å²) in [7, 11) is 1.75. The summed E-state index contributed by atoms with van der Waals surface area (Å²) in [6.45, 7) is 11.1. The van der Waals surface area contributed by atoms with Crippen LogP contribution in [0.25, 0.3) is 0 Å². The molecule has 1 N–H and O–H groups in total. The molecule has 0 bridgehead atoms. The molecule has 0 amide bonds. The van der Waals surface area contributed by atoms with Gasteiger partial charge >= 0.3 is 0 Å². The molecule has 1 heterocycles. The number of hydrogen-bond donors (Lipinski definition) is 1. The van der Waals surface area contributed by atoms with Gasteiger partial charge in [0.25, 0.3) is 0 Å². The summed E-state index contributed by atoms with van der Waals surface area (Å²) in [6.07, 6.45) is 0. The Labute approximate surface area is 117 Å². The van der Waals surface area contributed by atoms with E-state index in [-0.39, 0.29) is 0 Å². The molecule has 0 saturated heterocycles. The van der Waals surface area contributed by atoms with Crippen LogP contribution in [0.1, 0.15) is 26.5 Å². The number of methoxy groups -OCH3 is 1. The third-order valence-corrected chi connectivity index (χ3v) is 2.79. The van der Waals surface area contributed by atoms with Crippen LogP contribution in [-0.4, -0.2) is 43.2 Å².